The molecule has 2 aromatic rings. The number of alkyl halides is 1. The maximum atomic E-state index is 13.9. The minimum absolute atomic E-state index is 0.238. The van der Waals surface area contributed by atoms with Gasteiger partial charge in [0, 0.05) is 23.9 Å². The zero-order valence-electron chi connectivity index (χ0n) is 10.5. The van der Waals surface area contributed by atoms with Crippen molar-refractivity contribution in [2.24, 2.45) is 0 Å². The van der Waals surface area contributed by atoms with Gasteiger partial charge in [-0.05, 0) is 35.4 Å². The molecule has 0 aliphatic carbocycles. The Morgan fingerprint density at radius 3 is 2.32 bits per heavy atom. The quantitative estimate of drug-likeness (QED) is 0.710. The first-order valence-corrected chi connectivity index (χ1v) is 7.23. The molecule has 4 heteroatoms. The van der Waals surface area contributed by atoms with Gasteiger partial charge in [0.1, 0.15) is 5.82 Å². The maximum Gasteiger partial charge on any atom is 0.146 e. The Labute approximate surface area is 126 Å². The van der Waals surface area contributed by atoms with Crippen LogP contribution in [0.15, 0.2) is 46.9 Å². The summed E-state index contributed by atoms with van der Waals surface area (Å²) >= 11 is 9.09. The number of nitrogens with zero attached hydrogens (tertiary/aromatic N) is 1. The van der Waals surface area contributed by atoms with Gasteiger partial charge in [-0.3, -0.25) is 0 Å². The third kappa shape index (κ3) is 3.71. The highest BCUT2D eigenvalue weighted by molar-refractivity contribution is 9.10. The van der Waals surface area contributed by atoms with Gasteiger partial charge >= 0.3 is 0 Å². The number of rotatable bonds is 4. The molecular weight excluding hydrogens is 329 g/mol. The van der Waals surface area contributed by atoms with E-state index >= 15 is 0 Å². The second-order valence-corrected chi connectivity index (χ2v) is 5.58. The standard InChI is InChI=1S/C15H14BrClFN/c1-19(10-11-2-5-13(16)6-3-11)15-7-4-12(9-17)8-14(15)18/h2-8H,9-10H2,1H3. The molecule has 0 atom stereocenters. The summed E-state index contributed by atoms with van der Waals surface area (Å²) in [6, 6.07) is 13.1. The van der Waals surface area contributed by atoms with Crippen LogP contribution in [0.25, 0.3) is 0 Å². The molecule has 0 aromatic heterocycles. The molecule has 0 radical (unpaired) electrons. The van der Waals surface area contributed by atoms with Gasteiger partial charge in [0.25, 0.3) is 0 Å². The Kier molecular flexibility index (Phi) is 4.83. The van der Waals surface area contributed by atoms with Gasteiger partial charge < -0.3 is 4.90 Å². The van der Waals surface area contributed by atoms with Gasteiger partial charge in [-0.2, -0.15) is 0 Å². The van der Waals surface area contributed by atoms with Crippen LogP contribution in [0.2, 0.25) is 0 Å². The van der Waals surface area contributed by atoms with Crippen LogP contribution < -0.4 is 4.90 Å². The van der Waals surface area contributed by atoms with E-state index in [0.29, 0.717) is 18.1 Å². The number of halogens is 3. The summed E-state index contributed by atoms with van der Waals surface area (Å²) in [6.07, 6.45) is 0. The van der Waals surface area contributed by atoms with Crippen LogP contribution in [0.1, 0.15) is 11.1 Å². The van der Waals surface area contributed by atoms with Crippen LogP contribution in [0.4, 0.5) is 10.1 Å². The molecule has 0 heterocycles. The van der Waals surface area contributed by atoms with Crippen molar-refractivity contribution in [1.29, 1.82) is 0 Å². The molecule has 0 aliphatic heterocycles. The van der Waals surface area contributed by atoms with E-state index in [1.54, 1.807) is 6.07 Å². The molecule has 0 spiro atoms. The van der Waals surface area contributed by atoms with Crippen molar-refractivity contribution in [2.45, 2.75) is 12.4 Å². The van der Waals surface area contributed by atoms with E-state index in [1.807, 2.05) is 42.3 Å². The smallest absolute Gasteiger partial charge is 0.146 e. The van der Waals surface area contributed by atoms with Crippen molar-refractivity contribution in [3.8, 4) is 0 Å². The predicted molar refractivity (Wildman–Crippen MR) is 82.2 cm³/mol. The van der Waals surface area contributed by atoms with E-state index < -0.39 is 0 Å². The lowest BCUT2D eigenvalue weighted by Gasteiger charge is -2.20. The molecule has 2 rings (SSSR count). The Bertz CT molecular complexity index is 557. The molecular formula is C15H14BrClFN. The van der Waals surface area contributed by atoms with Gasteiger partial charge in [-0.1, -0.05) is 34.1 Å². The topological polar surface area (TPSA) is 3.24 Å². The Morgan fingerprint density at radius 2 is 1.74 bits per heavy atom. The van der Waals surface area contributed by atoms with Gasteiger partial charge in [0.2, 0.25) is 0 Å². The van der Waals surface area contributed by atoms with Crippen molar-refractivity contribution in [3.05, 3.63) is 63.9 Å². The van der Waals surface area contributed by atoms with Gasteiger partial charge in [-0.15, -0.1) is 11.6 Å². The van der Waals surface area contributed by atoms with Crippen LogP contribution in [0, 0.1) is 5.82 Å². The van der Waals surface area contributed by atoms with Crippen LogP contribution >= 0.6 is 27.5 Å². The lowest BCUT2D eigenvalue weighted by molar-refractivity contribution is 0.621. The fraction of sp³-hybridized carbons (Fsp3) is 0.200. The average molecular weight is 343 g/mol. The molecule has 0 N–H and O–H groups in total. The van der Waals surface area contributed by atoms with E-state index in [0.717, 1.165) is 15.6 Å². The molecule has 2 aromatic carbocycles. The molecule has 1 nitrogen and oxygen atoms in total. The highest BCUT2D eigenvalue weighted by Gasteiger charge is 2.08. The second kappa shape index (κ2) is 6.40. The van der Waals surface area contributed by atoms with Crippen LogP contribution in [-0.4, -0.2) is 7.05 Å². The molecule has 0 saturated carbocycles. The fourth-order valence-electron chi connectivity index (χ4n) is 1.89. The molecule has 0 fully saturated rings. The highest BCUT2D eigenvalue weighted by atomic mass is 79.9. The lowest BCUT2D eigenvalue weighted by atomic mass is 10.1. The maximum absolute atomic E-state index is 13.9. The normalized spacial score (nSPS) is 10.5. The van der Waals surface area contributed by atoms with E-state index in [-0.39, 0.29) is 5.82 Å². The minimum atomic E-state index is -0.238. The third-order valence-electron chi connectivity index (χ3n) is 2.91. The lowest BCUT2D eigenvalue weighted by Crippen LogP contribution is -2.17. The van der Waals surface area contributed by atoms with Crippen LogP contribution in [0.3, 0.4) is 0 Å². The SMILES string of the molecule is CN(Cc1ccc(Br)cc1)c1ccc(CCl)cc1F. The summed E-state index contributed by atoms with van der Waals surface area (Å²) in [6.45, 7) is 0.657. The van der Waals surface area contributed by atoms with Crippen molar-refractivity contribution in [3.63, 3.8) is 0 Å². The second-order valence-electron chi connectivity index (χ2n) is 4.40. The summed E-state index contributed by atoms with van der Waals surface area (Å²) < 4.78 is 15.0. The molecule has 19 heavy (non-hydrogen) atoms. The first-order valence-electron chi connectivity index (χ1n) is 5.90. The average Bonchev–Trinajstić information content (AvgIpc) is 2.41. The molecule has 0 amide bonds. The summed E-state index contributed by atoms with van der Waals surface area (Å²) in [5, 5.41) is 0. The van der Waals surface area contributed by atoms with Gasteiger partial charge in [-0.25, -0.2) is 4.39 Å². The van der Waals surface area contributed by atoms with E-state index in [1.165, 1.54) is 6.07 Å². The van der Waals surface area contributed by atoms with Crippen molar-refractivity contribution >= 4 is 33.2 Å². The van der Waals surface area contributed by atoms with E-state index in [9.17, 15) is 4.39 Å². The van der Waals surface area contributed by atoms with E-state index in [4.69, 9.17) is 11.6 Å². The van der Waals surface area contributed by atoms with Crippen LogP contribution in [-0.2, 0) is 12.4 Å². The molecule has 100 valence electrons. The van der Waals surface area contributed by atoms with Crippen molar-refractivity contribution < 1.29 is 4.39 Å². The Hall–Kier alpha value is -1.06. The zero-order chi connectivity index (χ0) is 13.8. The zero-order valence-corrected chi connectivity index (χ0v) is 12.9. The highest BCUT2D eigenvalue weighted by Crippen LogP contribution is 2.22. The molecule has 0 bridgehead atoms. The molecule has 0 saturated heterocycles. The first-order chi connectivity index (χ1) is 9.10. The summed E-state index contributed by atoms with van der Waals surface area (Å²) in [5.41, 5.74) is 2.50. The van der Waals surface area contributed by atoms with Crippen molar-refractivity contribution in [2.75, 3.05) is 11.9 Å². The largest absolute Gasteiger partial charge is 0.368 e. The van der Waals surface area contributed by atoms with E-state index in [2.05, 4.69) is 15.9 Å². The number of benzene rings is 2. The van der Waals surface area contributed by atoms with Gasteiger partial charge in [0.05, 0.1) is 5.69 Å². The third-order valence-corrected chi connectivity index (χ3v) is 3.75. The molecule has 0 unspecified atom stereocenters. The summed E-state index contributed by atoms with van der Waals surface area (Å²) in [5.74, 6) is 0.0888. The number of anilines is 1. The minimum Gasteiger partial charge on any atom is -0.368 e. The van der Waals surface area contributed by atoms with Crippen molar-refractivity contribution in [1.82, 2.24) is 0 Å². The molecule has 0 aliphatic rings. The Balaban J connectivity index is 2.15. The van der Waals surface area contributed by atoms with Gasteiger partial charge in [0.15, 0.2) is 0 Å². The predicted octanol–water partition coefficient (Wildman–Crippen LogP) is 4.96. The fourth-order valence-corrected chi connectivity index (χ4v) is 2.32. The summed E-state index contributed by atoms with van der Waals surface area (Å²) in [4.78, 5) is 1.89. The Morgan fingerprint density at radius 1 is 1.11 bits per heavy atom. The number of hydrogen-bond acceptors (Lipinski definition) is 1. The first kappa shape index (κ1) is 14.4. The van der Waals surface area contributed by atoms with Crippen LogP contribution in [0.5, 0.6) is 0 Å². The summed E-state index contributed by atoms with van der Waals surface area (Å²) in [7, 11) is 1.88. The monoisotopic (exact) mass is 341 g/mol. The number of hydrogen-bond donors (Lipinski definition) is 0.